The van der Waals surface area contributed by atoms with Crippen LogP contribution in [0, 0.1) is 6.92 Å². The normalized spacial score (nSPS) is 11.3. The van der Waals surface area contributed by atoms with Gasteiger partial charge in [-0.15, -0.1) is 0 Å². The van der Waals surface area contributed by atoms with Crippen molar-refractivity contribution in [3.8, 4) is 11.1 Å². The molecule has 0 saturated carbocycles. The van der Waals surface area contributed by atoms with Crippen molar-refractivity contribution in [1.29, 1.82) is 0 Å². The van der Waals surface area contributed by atoms with Gasteiger partial charge in [0.1, 0.15) is 5.52 Å². The van der Waals surface area contributed by atoms with Gasteiger partial charge < -0.3 is 15.2 Å². The summed E-state index contributed by atoms with van der Waals surface area (Å²) in [6, 6.07) is 9.55. The molecule has 4 rings (SSSR count). The summed E-state index contributed by atoms with van der Waals surface area (Å²) in [6.07, 6.45) is 1.54. The van der Waals surface area contributed by atoms with E-state index in [-0.39, 0.29) is 0 Å². The Morgan fingerprint density at radius 2 is 2.00 bits per heavy atom. The Labute approximate surface area is 138 Å². The second-order valence-electron chi connectivity index (χ2n) is 5.86. The summed E-state index contributed by atoms with van der Waals surface area (Å²) < 4.78 is 5.77. The summed E-state index contributed by atoms with van der Waals surface area (Å²) in [5, 5.41) is 18.9. The van der Waals surface area contributed by atoms with E-state index in [1.807, 2.05) is 30.3 Å². The molecule has 0 saturated heterocycles. The molecule has 7 heteroatoms. The highest BCUT2D eigenvalue weighted by atomic mass is 16.3. The Hall–Kier alpha value is -2.93. The number of aromatic nitrogens is 3. The molecule has 24 heavy (non-hydrogen) atoms. The highest BCUT2D eigenvalue weighted by molar-refractivity contribution is 6.65. The first-order valence-corrected chi connectivity index (χ1v) is 7.63. The minimum Gasteiger partial charge on any atom is -0.446 e. The molecule has 0 bridgehead atoms. The van der Waals surface area contributed by atoms with E-state index >= 15 is 0 Å². The molecule has 0 radical (unpaired) electrons. The van der Waals surface area contributed by atoms with Crippen molar-refractivity contribution in [3.63, 3.8) is 0 Å². The van der Waals surface area contributed by atoms with Crippen molar-refractivity contribution in [2.75, 3.05) is 5.73 Å². The molecule has 0 fully saturated rings. The van der Waals surface area contributed by atoms with Gasteiger partial charge in [-0.3, -0.25) is 0 Å². The predicted octanol–water partition coefficient (Wildman–Crippen LogP) is 2.15. The first-order chi connectivity index (χ1) is 11.5. The van der Waals surface area contributed by atoms with Gasteiger partial charge in [0, 0.05) is 17.9 Å². The van der Waals surface area contributed by atoms with E-state index in [1.54, 1.807) is 13.7 Å². The summed E-state index contributed by atoms with van der Waals surface area (Å²) in [6.45, 7) is 2.93. The molecule has 2 aromatic carbocycles. The first kappa shape index (κ1) is 14.7. The van der Waals surface area contributed by atoms with Crippen LogP contribution in [0.4, 0.5) is 5.69 Å². The number of nitrogens with two attached hydrogens (primary N) is 1. The molecule has 0 aliphatic heterocycles. The van der Waals surface area contributed by atoms with Crippen LogP contribution in [-0.4, -0.2) is 27.1 Å². The number of nitrogens with zero attached hydrogens (tertiary/aromatic N) is 3. The van der Waals surface area contributed by atoms with E-state index in [1.165, 1.54) is 6.20 Å². The highest BCUT2D eigenvalue weighted by Crippen LogP contribution is 2.31. The smallest absolute Gasteiger partial charge is 0.320 e. The zero-order valence-corrected chi connectivity index (χ0v) is 13.3. The second-order valence-corrected chi connectivity index (χ2v) is 5.86. The van der Waals surface area contributed by atoms with Gasteiger partial charge in [0.25, 0.3) is 0 Å². The lowest BCUT2D eigenvalue weighted by atomic mass is 9.64. The minimum absolute atomic E-state index is 0.582. The number of hydrogen-bond donors (Lipinski definition) is 2. The topological polar surface area (TPSA) is 98.1 Å². The number of rotatable bonds is 2. The van der Waals surface area contributed by atoms with Gasteiger partial charge in [0.15, 0.2) is 11.5 Å². The fourth-order valence-electron chi connectivity index (χ4n) is 2.87. The van der Waals surface area contributed by atoms with E-state index in [2.05, 4.69) is 15.2 Å². The van der Waals surface area contributed by atoms with Crippen LogP contribution < -0.4 is 11.2 Å². The Morgan fingerprint density at radius 3 is 2.79 bits per heavy atom. The summed E-state index contributed by atoms with van der Waals surface area (Å²) in [7, 11) is 0. The van der Waals surface area contributed by atoms with Crippen LogP contribution >= 0.6 is 0 Å². The predicted molar refractivity (Wildman–Crippen MR) is 95.2 cm³/mol. The van der Waals surface area contributed by atoms with E-state index in [4.69, 9.17) is 10.2 Å². The van der Waals surface area contributed by atoms with Gasteiger partial charge in [0.05, 0.1) is 17.4 Å². The SMILES string of the molecule is CB(O)c1cc(-c2ccc3c(N)cnnc3c2)c2oc(C)nc2c1. The zero-order chi connectivity index (χ0) is 16.8. The highest BCUT2D eigenvalue weighted by Gasteiger charge is 2.16. The zero-order valence-electron chi connectivity index (χ0n) is 13.3. The van der Waals surface area contributed by atoms with E-state index < -0.39 is 6.92 Å². The van der Waals surface area contributed by atoms with Crippen molar-refractivity contribution in [1.82, 2.24) is 15.2 Å². The van der Waals surface area contributed by atoms with Gasteiger partial charge in [-0.25, -0.2) is 4.98 Å². The third kappa shape index (κ3) is 2.30. The molecular formula is C17H15BN4O2. The first-order valence-electron chi connectivity index (χ1n) is 7.63. The molecule has 0 spiro atoms. The lowest BCUT2D eigenvalue weighted by molar-refractivity contribution is 0.562. The van der Waals surface area contributed by atoms with Crippen LogP contribution in [0.1, 0.15) is 5.89 Å². The summed E-state index contributed by atoms with van der Waals surface area (Å²) in [5.41, 5.74) is 11.2. The van der Waals surface area contributed by atoms with Crippen molar-refractivity contribution in [3.05, 3.63) is 42.4 Å². The Bertz CT molecular complexity index is 1080. The minimum atomic E-state index is -0.596. The van der Waals surface area contributed by atoms with Crippen LogP contribution in [0.15, 0.2) is 40.9 Å². The molecule has 3 N–H and O–H groups in total. The number of anilines is 1. The van der Waals surface area contributed by atoms with Crippen LogP contribution in [0.5, 0.6) is 0 Å². The maximum atomic E-state index is 9.97. The number of benzene rings is 2. The molecule has 2 aromatic heterocycles. The third-order valence-electron chi connectivity index (χ3n) is 4.08. The number of aryl methyl sites for hydroxylation is 1. The van der Waals surface area contributed by atoms with Gasteiger partial charge in [-0.2, -0.15) is 10.2 Å². The standard InChI is InChI=1S/C17H15BN4O2/c1-9-21-16-7-11(18(2)23)6-13(17(16)24-9)10-3-4-12-14(19)8-20-22-15(12)5-10/h3-8,23H,1-2H3,(H2,19,22). The number of fused-ring (bicyclic) bond motifs is 2. The van der Waals surface area contributed by atoms with E-state index in [0.717, 1.165) is 27.5 Å². The number of nitrogen functional groups attached to an aromatic ring is 1. The lowest BCUT2D eigenvalue weighted by Crippen LogP contribution is -2.26. The molecule has 0 atom stereocenters. The average molecular weight is 318 g/mol. The van der Waals surface area contributed by atoms with Gasteiger partial charge in [0.2, 0.25) is 0 Å². The third-order valence-corrected chi connectivity index (χ3v) is 4.08. The number of hydrogen-bond acceptors (Lipinski definition) is 6. The Morgan fingerprint density at radius 1 is 1.17 bits per heavy atom. The fraction of sp³-hybridized carbons (Fsp3) is 0.118. The van der Waals surface area contributed by atoms with Crippen molar-refractivity contribution in [2.24, 2.45) is 0 Å². The molecule has 0 aliphatic carbocycles. The van der Waals surface area contributed by atoms with Crippen molar-refractivity contribution in [2.45, 2.75) is 13.7 Å². The largest absolute Gasteiger partial charge is 0.446 e. The Kier molecular flexibility index (Phi) is 3.24. The Balaban J connectivity index is 2.01. The van der Waals surface area contributed by atoms with Crippen molar-refractivity contribution < 1.29 is 9.44 Å². The molecule has 0 amide bonds. The number of oxazole rings is 1. The van der Waals surface area contributed by atoms with Crippen LogP contribution in [0.2, 0.25) is 6.82 Å². The molecule has 4 aromatic rings. The molecule has 2 heterocycles. The fourth-order valence-corrected chi connectivity index (χ4v) is 2.87. The second kappa shape index (κ2) is 5.31. The van der Waals surface area contributed by atoms with Crippen molar-refractivity contribution >= 4 is 40.1 Å². The monoisotopic (exact) mass is 318 g/mol. The molecule has 6 nitrogen and oxygen atoms in total. The van der Waals surface area contributed by atoms with Crippen LogP contribution in [-0.2, 0) is 0 Å². The maximum absolute atomic E-state index is 9.97. The summed E-state index contributed by atoms with van der Waals surface area (Å²) >= 11 is 0. The molecule has 0 aliphatic rings. The maximum Gasteiger partial charge on any atom is 0.320 e. The van der Waals surface area contributed by atoms with Gasteiger partial charge >= 0.3 is 6.92 Å². The van der Waals surface area contributed by atoms with E-state index in [0.29, 0.717) is 22.7 Å². The van der Waals surface area contributed by atoms with E-state index in [9.17, 15) is 5.02 Å². The van der Waals surface area contributed by atoms with Gasteiger partial charge in [-0.05, 0) is 29.2 Å². The molecule has 118 valence electrons. The average Bonchev–Trinajstić information content (AvgIpc) is 2.93. The summed E-state index contributed by atoms with van der Waals surface area (Å²) in [5.74, 6) is 0.582. The van der Waals surface area contributed by atoms with Gasteiger partial charge in [-0.1, -0.05) is 19.0 Å². The molecule has 0 unspecified atom stereocenters. The van der Waals surface area contributed by atoms with Crippen LogP contribution in [0.3, 0.4) is 0 Å². The van der Waals surface area contributed by atoms with Crippen LogP contribution in [0.25, 0.3) is 33.1 Å². The quantitative estimate of drug-likeness (QED) is 0.550. The summed E-state index contributed by atoms with van der Waals surface area (Å²) in [4.78, 5) is 4.39. The molecular weight excluding hydrogens is 303 g/mol. The lowest BCUT2D eigenvalue weighted by Gasteiger charge is -2.08.